The molecule has 0 saturated heterocycles. The number of hydrogen-bond donors (Lipinski definition) is 1. The van der Waals surface area contributed by atoms with Crippen LogP contribution in [0.1, 0.15) is 10.4 Å². The molecule has 0 aliphatic rings. The number of para-hydroxylation sites is 1. The van der Waals surface area contributed by atoms with Gasteiger partial charge in [-0.05, 0) is 48.5 Å². The number of carbonyl (C=O) groups excluding carboxylic acids is 1. The zero-order chi connectivity index (χ0) is 29.8. The zero-order valence-electron chi connectivity index (χ0n) is 22.5. The second-order valence-corrected chi connectivity index (χ2v) is 12.6. The van der Waals surface area contributed by atoms with Gasteiger partial charge in [0.2, 0.25) is 10.0 Å². The first kappa shape index (κ1) is 27.5. The number of aromatic nitrogens is 2. The van der Waals surface area contributed by atoms with Gasteiger partial charge in [-0.25, -0.2) is 22.2 Å². The lowest BCUT2D eigenvalue weighted by atomic mass is 9.98. The van der Waals surface area contributed by atoms with Crippen molar-refractivity contribution in [1.29, 1.82) is 0 Å². The Morgan fingerprint density at radius 2 is 1.74 bits per heavy atom. The summed E-state index contributed by atoms with van der Waals surface area (Å²) < 4.78 is 61.3. The van der Waals surface area contributed by atoms with Crippen molar-refractivity contribution in [3.63, 3.8) is 0 Å². The summed E-state index contributed by atoms with van der Waals surface area (Å²) >= 11 is 1.30. The minimum Gasteiger partial charge on any atom is -0.455 e. The predicted octanol–water partition coefficient (Wildman–Crippen LogP) is 6.47. The van der Waals surface area contributed by atoms with Crippen LogP contribution in [0, 0.1) is 11.6 Å². The van der Waals surface area contributed by atoms with Gasteiger partial charge in [0.1, 0.15) is 33.5 Å². The van der Waals surface area contributed by atoms with Crippen LogP contribution in [0.2, 0.25) is 0 Å². The molecule has 8 nitrogen and oxygen atoms in total. The molecule has 212 valence electrons. The highest BCUT2D eigenvalue weighted by atomic mass is 32.2. The summed E-state index contributed by atoms with van der Waals surface area (Å²) in [6.07, 6.45) is 4.24. The largest absolute Gasteiger partial charge is 0.455 e. The van der Waals surface area contributed by atoms with Crippen LogP contribution in [-0.4, -0.2) is 44.6 Å². The number of amides is 1. The minimum absolute atomic E-state index is 0.206. The van der Waals surface area contributed by atoms with Crippen molar-refractivity contribution in [2.45, 2.75) is 0 Å². The summed E-state index contributed by atoms with van der Waals surface area (Å²) in [5, 5.41) is 3.58. The first-order valence-electron chi connectivity index (χ1n) is 12.6. The number of pyridine rings is 1. The highest BCUT2D eigenvalue weighted by Gasteiger charge is 2.26. The van der Waals surface area contributed by atoms with Crippen LogP contribution < -0.4 is 9.62 Å². The summed E-state index contributed by atoms with van der Waals surface area (Å²) in [7, 11) is -0.826. The third-order valence-electron chi connectivity index (χ3n) is 6.87. The van der Waals surface area contributed by atoms with Crippen LogP contribution in [0.25, 0.3) is 54.2 Å². The fourth-order valence-electron chi connectivity index (χ4n) is 4.70. The van der Waals surface area contributed by atoms with E-state index in [0.29, 0.717) is 37.3 Å². The molecule has 6 rings (SSSR count). The van der Waals surface area contributed by atoms with Crippen LogP contribution in [0.15, 0.2) is 77.5 Å². The van der Waals surface area contributed by atoms with Crippen molar-refractivity contribution in [2.24, 2.45) is 0 Å². The maximum atomic E-state index is 14.3. The summed E-state index contributed by atoms with van der Waals surface area (Å²) in [6.45, 7) is 0. The van der Waals surface area contributed by atoms with E-state index in [-0.39, 0.29) is 28.1 Å². The van der Waals surface area contributed by atoms with E-state index in [2.05, 4.69) is 15.3 Å². The Balaban J connectivity index is 1.60. The van der Waals surface area contributed by atoms with Crippen LogP contribution in [0.5, 0.6) is 0 Å². The number of hydrogen-bond acceptors (Lipinski definition) is 7. The predicted molar refractivity (Wildman–Crippen MR) is 160 cm³/mol. The van der Waals surface area contributed by atoms with Crippen LogP contribution >= 0.6 is 11.3 Å². The highest BCUT2D eigenvalue weighted by Crippen LogP contribution is 2.42. The third kappa shape index (κ3) is 4.78. The number of thiazole rings is 1. The number of carbonyl (C=O) groups is 1. The third-order valence-corrected chi connectivity index (χ3v) is 9.13. The average molecular weight is 605 g/mol. The quantitative estimate of drug-likeness (QED) is 0.234. The van der Waals surface area contributed by atoms with Crippen LogP contribution in [0.4, 0.5) is 14.5 Å². The molecule has 3 aromatic heterocycles. The van der Waals surface area contributed by atoms with E-state index in [0.717, 1.165) is 10.6 Å². The molecule has 1 N–H and O–H groups in total. The van der Waals surface area contributed by atoms with Gasteiger partial charge in [0.05, 0.1) is 22.2 Å². The summed E-state index contributed by atoms with van der Waals surface area (Å²) in [6, 6.07) is 15.3. The molecule has 0 radical (unpaired) electrons. The molecule has 0 spiro atoms. The van der Waals surface area contributed by atoms with E-state index in [4.69, 9.17) is 4.42 Å². The maximum absolute atomic E-state index is 14.3. The summed E-state index contributed by atoms with van der Waals surface area (Å²) in [5.41, 5.74) is 3.06. The van der Waals surface area contributed by atoms with Crippen molar-refractivity contribution in [2.75, 3.05) is 24.7 Å². The molecule has 1 amide bonds. The van der Waals surface area contributed by atoms with Crippen LogP contribution in [-0.2, 0) is 10.0 Å². The molecule has 6 aromatic rings. The minimum atomic E-state index is -3.72. The molecule has 0 unspecified atom stereocenters. The van der Waals surface area contributed by atoms with Gasteiger partial charge in [-0.2, -0.15) is 0 Å². The molecule has 0 saturated carbocycles. The first-order valence-corrected chi connectivity index (χ1v) is 15.2. The first-order chi connectivity index (χ1) is 20.0. The van der Waals surface area contributed by atoms with Gasteiger partial charge in [0, 0.05) is 60.2 Å². The van der Waals surface area contributed by atoms with Gasteiger partial charge < -0.3 is 9.73 Å². The smallest absolute Gasteiger partial charge is 0.255 e. The monoisotopic (exact) mass is 604 g/mol. The standard InChI is InChI=1S/C30H22F2N4O4S2/c1-33-29(37)26-21-12-20(17-11-18(15-34-14-17)30-35-27-22(32)5-4-6-25(27)41-30)23(36(2)42(3,38)39)13-24(21)40-28(26)16-7-9-19(31)10-8-16/h4-15H,1-3H3,(H,33,37). The second kappa shape index (κ2) is 10.3. The molecular formula is C30H22F2N4O4S2. The van der Waals surface area contributed by atoms with Crippen molar-refractivity contribution >= 4 is 54.1 Å². The van der Waals surface area contributed by atoms with Crippen molar-refractivity contribution < 1.29 is 26.4 Å². The molecule has 0 aliphatic heterocycles. The Labute approximate surface area is 243 Å². The van der Waals surface area contributed by atoms with Crippen molar-refractivity contribution in [1.82, 2.24) is 15.3 Å². The number of benzene rings is 3. The van der Waals surface area contributed by atoms with E-state index >= 15 is 0 Å². The van der Waals surface area contributed by atoms with Gasteiger partial charge in [0.25, 0.3) is 5.91 Å². The summed E-state index contributed by atoms with van der Waals surface area (Å²) in [5.74, 6) is -1.11. The van der Waals surface area contributed by atoms with E-state index in [1.807, 2.05) is 0 Å². The van der Waals surface area contributed by atoms with Gasteiger partial charge in [-0.1, -0.05) is 6.07 Å². The number of sulfonamides is 1. The molecule has 3 heterocycles. The molecule has 0 atom stereocenters. The number of fused-ring (bicyclic) bond motifs is 2. The number of rotatable bonds is 6. The van der Waals surface area contributed by atoms with Crippen molar-refractivity contribution in [3.05, 3.63) is 90.3 Å². The zero-order valence-corrected chi connectivity index (χ0v) is 24.1. The Kier molecular flexibility index (Phi) is 6.74. The molecule has 42 heavy (non-hydrogen) atoms. The van der Waals surface area contributed by atoms with E-state index in [9.17, 15) is 22.0 Å². The Morgan fingerprint density at radius 1 is 1.00 bits per heavy atom. The Bertz CT molecular complexity index is 2120. The van der Waals surface area contributed by atoms with Gasteiger partial charge in [-0.3, -0.25) is 14.1 Å². The highest BCUT2D eigenvalue weighted by molar-refractivity contribution is 7.92. The second-order valence-electron chi connectivity index (χ2n) is 9.56. The average Bonchev–Trinajstić information content (AvgIpc) is 3.58. The number of furan rings is 1. The molecule has 3 aromatic carbocycles. The van der Waals surface area contributed by atoms with Crippen molar-refractivity contribution in [3.8, 4) is 33.0 Å². The molecule has 0 fully saturated rings. The maximum Gasteiger partial charge on any atom is 0.255 e. The lowest BCUT2D eigenvalue weighted by Crippen LogP contribution is -2.25. The number of nitrogens with zero attached hydrogens (tertiary/aromatic N) is 3. The normalized spacial score (nSPS) is 11.7. The molecule has 12 heteroatoms. The van der Waals surface area contributed by atoms with E-state index in [1.54, 1.807) is 42.7 Å². The Hall–Kier alpha value is -4.68. The topological polar surface area (TPSA) is 105 Å². The number of halogens is 2. The lowest BCUT2D eigenvalue weighted by Gasteiger charge is -2.20. The SMILES string of the molecule is CNC(=O)c1c(-c2ccc(F)cc2)oc2cc(N(C)S(C)(=O)=O)c(-c3cncc(-c4nc5c(F)cccc5s4)c3)cc12. The Morgan fingerprint density at radius 3 is 2.43 bits per heavy atom. The number of anilines is 1. The fourth-order valence-corrected chi connectivity index (χ4v) is 6.17. The lowest BCUT2D eigenvalue weighted by molar-refractivity contribution is 0.0964. The van der Waals surface area contributed by atoms with Crippen LogP contribution in [0.3, 0.4) is 0 Å². The number of nitrogens with one attached hydrogen (secondary N) is 1. The van der Waals surface area contributed by atoms with Gasteiger partial charge >= 0.3 is 0 Å². The van der Waals surface area contributed by atoms with E-state index < -0.39 is 27.6 Å². The molecule has 0 bridgehead atoms. The van der Waals surface area contributed by atoms with Gasteiger partial charge in [0.15, 0.2) is 0 Å². The fraction of sp³-hybridized carbons (Fsp3) is 0.100. The molecular weight excluding hydrogens is 582 g/mol. The van der Waals surface area contributed by atoms with Gasteiger partial charge in [-0.15, -0.1) is 11.3 Å². The molecule has 0 aliphatic carbocycles. The van der Waals surface area contributed by atoms with E-state index in [1.165, 1.54) is 55.8 Å². The summed E-state index contributed by atoms with van der Waals surface area (Å²) in [4.78, 5) is 22.0.